The molecule has 10 heteroatoms. The number of nitrogens with zero attached hydrogens (tertiary/aromatic N) is 2. The lowest BCUT2D eigenvalue weighted by Gasteiger charge is -2.12. The predicted molar refractivity (Wildman–Crippen MR) is 134 cm³/mol. The quantitative estimate of drug-likeness (QED) is 0.232. The van der Waals surface area contributed by atoms with Crippen molar-refractivity contribution in [2.45, 2.75) is 6.18 Å². The zero-order valence-corrected chi connectivity index (χ0v) is 19.4. The van der Waals surface area contributed by atoms with Gasteiger partial charge in [0.2, 0.25) is 0 Å². The highest BCUT2D eigenvalue weighted by molar-refractivity contribution is 7.21. The lowest BCUT2D eigenvalue weighted by atomic mass is 10.1. The van der Waals surface area contributed by atoms with Crippen molar-refractivity contribution in [2.75, 3.05) is 11.1 Å². The first-order valence-corrected chi connectivity index (χ1v) is 11.5. The summed E-state index contributed by atoms with van der Waals surface area (Å²) < 4.78 is 44.5. The van der Waals surface area contributed by atoms with Crippen LogP contribution < -0.4 is 15.8 Å². The van der Waals surface area contributed by atoms with Crippen LogP contribution in [0.1, 0.15) is 5.56 Å². The standard InChI is InChI=1S/C25H16ClF3N4OS/c26-20-11-17(8-9-21(20)34-18-3-1-2-15(10-18)25(27,28)29)33-23-19-12-22(35-24(19)32-13-31-23)14-4-6-16(30)7-5-14/h1-13H,30H2,(H,31,32,33). The Morgan fingerprint density at radius 2 is 1.74 bits per heavy atom. The van der Waals surface area contributed by atoms with Gasteiger partial charge in [-0.1, -0.05) is 29.8 Å². The van der Waals surface area contributed by atoms with Crippen molar-refractivity contribution in [3.05, 3.63) is 89.7 Å². The molecule has 2 heterocycles. The molecule has 0 unspecified atom stereocenters. The molecule has 0 aliphatic heterocycles. The van der Waals surface area contributed by atoms with E-state index < -0.39 is 11.7 Å². The molecule has 0 aliphatic carbocycles. The largest absolute Gasteiger partial charge is 0.456 e. The number of ether oxygens (including phenoxy) is 1. The van der Waals surface area contributed by atoms with Crippen LogP contribution in [0.4, 0.5) is 30.4 Å². The van der Waals surface area contributed by atoms with Gasteiger partial charge in [-0.2, -0.15) is 13.2 Å². The number of aromatic nitrogens is 2. The van der Waals surface area contributed by atoms with E-state index in [4.69, 9.17) is 22.1 Å². The number of halogens is 4. The molecule has 2 aromatic heterocycles. The molecule has 5 aromatic rings. The van der Waals surface area contributed by atoms with Gasteiger partial charge in [-0.3, -0.25) is 0 Å². The van der Waals surface area contributed by atoms with Gasteiger partial charge < -0.3 is 15.8 Å². The number of thiophene rings is 1. The van der Waals surface area contributed by atoms with Crippen molar-refractivity contribution in [3.63, 3.8) is 0 Å². The Kier molecular flexibility index (Phi) is 5.96. The summed E-state index contributed by atoms with van der Waals surface area (Å²) in [5.41, 5.74) is 7.33. The van der Waals surface area contributed by atoms with Gasteiger partial charge >= 0.3 is 6.18 Å². The van der Waals surface area contributed by atoms with Crippen molar-refractivity contribution in [2.24, 2.45) is 0 Å². The van der Waals surface area contributed by atoms with Crippen LogP contribution in [0.5, 0.6) is 11.5 Å². The number of nitrogen functional groups attached to an aromatic ring is 1. The molecule has 5 rings (SSSR count). The van der Waals surface area contributed by atoms with Crippen LogP contribution in [0.15, 0.2) is 79.1 Å². The van der Waals surface area contributed by atoms with Crippen LogP contribution in [0.2, 0.25) is 5.02 Å². The van der Waals surface area contributed by atoms with Crippen LogP contribution in [0.25, 0.3) is 20.7 Å². The van der Waals surface area contributed by atoms with Crippen molar-refractivity contribution < 1.29 is 17.9 Å². The number of benzene rings is 3. The van der Waals surface area contributed by atoms with Gasteiger partial charge in [-0.15, -0.1) is 11.3 Å². The number of rotatable bonds is 5. The fraction of sp³-hybridized carbons (Fsp3) is 0.0400. The van der Waals surface area contributed by atoms with E-state index in [9.17, 15) is 13.2 Å². The molecule has 5 nitrogen and oxygen atoms in total. The van der Waals surface area contributed by atoms with Crippen molar-refractivity contribution in [3.8, 4) is 21.9 Å². The predicted octanol–water partition coefficient (Wildman–Crippen LogP) is 8.15. The molecule has 0 atom stereocenters. The lowest BCUT2D eigenvalue weighted by Crippen LogP contribution is -2.04. The van der Waals surface area contributed by atoms with E-state index in [2.05, 4.69) is 15.3 Å². The summed E-state index contributed by atoms with van der Waals surface area (Å²) in [5, 5.41) is 4.29. The minimum atomic E-state index is -4.46. The Morgan fingerprint density at radius 1 is 0.943 bits per heavy atom. The zero-order valence-electron chi connectivity index (χ0n) is 17.8. The van der Waals surface area contributed by atoms with Gasteiger partial charge in [0, 0.05) is 16.3 Å². The summed E-state index contributed by atoms with van der Waals surface area (Å²) >= 11 is 7.89. The first kappa shape index (κ1) is 22.9. The summed E-state index contributed by atoms with van der Waals surface area (Å²) in [5.74, 6) is 0.856. The average molecular weight is 513 g/mol. The smallest absolute Gasteiger partial charge is 0.416 e. The van der Waals surface area contributed by atoms with Gasteiger partial charge in [-0.25, -0.2) is 9.97 Å². The topological polar surface area (TPSA) is 73.1 Å². The SMILES string of the molecule is Nc1ccc(-c2cc3c(Nc4ccc(Oc5cccc(C(F)(F)F)c5)c(Cl)c4)ncnc3s2)cc1. The third-order valence-electron chi connectivity index (χ3n) is 5.11. The van der Waals surface area contributed by atoms with Crippen LogP contribution in [0.3, 0.4) is 0 Å². The van der Waals surface area contributed by atoms with Gasteiger partial charge in [0.15, 0.2) is 0 Å². The fourth-order valence-corrected chi connectivity index (χ4v) is 4.63. The maximum atomic E-state index is 13.0. The van der Waals surface area contributed by atoms with Crippen molar-refractivity contribution >= 4 is 50.3 Å². The van der Waals surface area contributed by atoms with Crippen LogP contribution in [-0.2, 0) is 6.18 Å². The molecule has 0 radical (unpaired) electrons. The van der Waals surface area contributed by atoms with Crippen LogP contribution in [-0.4, -0.2) is 9.97 Å². The Hall–Kier alpha value is -3.82. The maximum absolute atomic E-state index is 13.0. The van der Waals surface area contributed by atoms with E-state index in [0.717, 1.165) is 32.8 Å². The molecule has 0 aliphatic rings. The summed E-state index contributed by atoms with van der Waals surface area (Å²) in [4.78, 5) is 10.6. The molecule has 0 saturated carbocycles. The van der Waals surface area contributed by atoms with Crippen LogP contribution in [0, 0.1) is 0 Å². The van der Waals surface area contributed by atoms with E-state index in [-0.39, 0.29) is 16.5 Å². The highest BCUT2D eigenvalue weighted by Gasteiger charge is 2.30. The first-order chi connectivity index (χ1) is 16.8. The van der Waals surface area contributed by atoms with E-state index in [1.165, 1.54) is 29.8 Å². The number of nitrogens with one attached hydrogen (secondary N) is 1. The molecular formula is C25H16ClF3N4OS. The fourth-order valence-electron chi connectivity index (χ4n) is 3.41. The molecule has 0 saturated heterocycles. The second-order valence-corrected chi connectivity index (χ2v) is 9.01. The van der Waals surface area contributed by atoms with E-state index >= 15 is 0 Å². The number of anilines is 3. The van der Waals surface area contributed by atoms with Gasteiger partial charge in [0.1, 0.15) is 28.5 Å². The Morgan fingerprint density at radius 3 is 2.49 bits per heavy atom. The van der Waals surface area contributed by atoms with Crippen molar-refractivity contribution in [1.29, 1.82) is 0 Å². The Bertz CT molecular complexity index is 1520. The number of nitrogens with two attached hydrogens (primary N) is 1. The first-order valence-electron chi connectivity index (χ1n) is 10.3. The average Bonchev–Trinajstić information content (AvgIpc) is 3.26. The summed E-state index contributed by atoms with van der Waals surface area (Å²) in [7, 11) is 0. The second kappa shape index (κ2) is 9.09. The Balaban J connectivity index is 1.39. The highest BCUT2D eigenvalue weighted by Crippen LogP contribution is 2.38. The Labute approximate surface area is 207 Å². The number of hydrogen-bond acceptors (Lipinski definition) is 6. The van der Waals surface area contributed by atoms with E-state index in [0.29, 0.717) is 17.2 Å². The molecule has 35 heavy (non-hydrogen) atoms. The lowest BCUT2D eigenvalue weighted by molar-refractivity contribution is -0.137. The van der Waals surface area contributed by atoms with Crippen molar-refractivity contribution in [1.82, 2.24) is 9.97 Å². The molecule has 3 aromatic carbocycles. The molecule has 0 spiro atoms. The molecule has 0 amide bonds. The number of hydrogen-bond donors (Lipinski definition) is 2. The minimum Gasteiger partial charge on any atom is -0.456 e. The second-order valence-electron chi connectivity index (χ2n) is 7.57. The summed E-state index contributed by atoms with van der Waals surface area (Å²) in [6.07, 6.45) is -2.99. The molecule has 0 bridgehead atoms. The summed E-state index contributed by atoms with van der Waals surface area (Å²) in [6.45, 7) is 0. The van der Waals surface area contributed by atoms with E-state index in [1.54, 1.807) is 18.2 Å². The van der Waals surface area contributed by atoms with Gasteiger partial charge in [-0.05, 0) is 60.2 Å². The third-order valence-corrected chi connectivity index (χ3v) is 6.50. The van der Waals surface area contributed by atoms with Crippen LogP contribution >= 0.6 is 22.9 Å². The summed E-state index contributed by atoms with van der Waals surface area (Å²) in [6, 6.07) is 19.1. The minimum absolute atomic E-state index is 0.0356. The third kappa shape index (κ3) is 5.01. The van der Waals surface area contributed by atoms with Gasteiger partial charge in [0.25, 0.3) is 0 Å². The number of fused-ring (bicyclic) bond motifs is 1. The highest BCUT2D eigenvalue weighted by atomic mass is 35.5. The molecule has 3 N–H and O–H groups in total. The monoisotopic (exact) mass is 512 g/mol. The normalized spacial score (nSPS) is 11.5. The van der Waals surface area contributed by atoms with E-state index in [1.807, 2.05) is 30.3 Å². The zero-order chi connectivity index (χ0) is 24.6. The number of alkyl halides is 3. The molecule has 176 valence electrons. The molecular weight excluding hydrogens is 497 g/mol. The maximum Gasteiger partial charge on any atom is 0.416 e. The van der Waals surface area contributed by atoms with Gasteiger partial charge in [0.05, 0.1) is 16.0 Å². The molecule has 0 fully saturated rings.